The molecule has 0 aliphatic heterocycles. The summed E-state index contributed by atoms with van der Waals surface area (Å²) in [5.74, 6) is 0. The Balaban J connectivity index is 2.13. The molecule has 2 rings (SSSR count). The van der Waals surface area contributed by atoms with E-state index in [-0.39, 0.29) is 12.1 Å². The molecule has 0 bridgehead atoms. The van der Waals surface area contributed by atoms with E-state index < -0.39 is 0 Å². The van der Waals surface area contributed by atoms with Gasteiger partial charge in [-0.2, -0.15) is 0 Å². The molecule has 0 heterocycles. The van der Waals surface area contributed by atoms with Gasteiger partial charge < -0.3 is 10.2 Å². The van der Waals surface area contributed by atoms with Crippen molar-refractivity contribution in [1.82, 2.24) is 10.2 Å². The van der Waals surface area contributed by atoms with E-state index in [0.717, 1.165) is 18.4 Å². The largest absolute Gasteiger partial charge is 0.335 e. The summed E-state index contributed by atoms with van der Waals surface area (Å²) in [4.78, 5) is 14.1. The van der Waals surface area contributed by atoms with Gasteiger partial charge in [0.05, 0.1) is 0 Å². The molecular formula is C20H26N2O. The predicted molar refractivity (Wildman–Crippen MR) is 96.2 cm³/mol. The summed E-state index contributed by atoms with van der Waals surface area (Å²) in [6, 6.07) is 18.8. The second-order valence-electron chi connectivity index (χ2n) is 5.84. The van der Waals surface area contributed by atoms with Crippen LogP contribution in [0.15, 0.2) is 54.6 Å². The molecule has 1 N–H and O–H groups in total. The fraction of sp³-hybridized carbons (Fsp3) is 0.350. The number of nitrogens with zero attached hydrogens (tertiary/aromatic N) is 1. The van der Waals surface area contributed by atoms with Crippen molar-refractivity contribution in [2.75, 3.05) is 7.05 Å². The van der Waals surface area contributed by atoms with Crippen LogP contribution in [-0.2, 0) is 6.54 Å². The van der Waals surface area contributed by atoms with Crippen LogP contribution in [0.5, 0.6) is 0 Å². The molecule has 0 spiro atoms. The maximum absolute atomic E-state index is 12.3. The van der Waals surface area contributed by atoms with Crippen LogP contribution in [0.3, 0.4) is 0 Å². The fourth-order valence-electron chi connectivity index (χ4n) is 2.66. The number of rotatable bonds is 6. The highest BCUT2D eigenvalue weighted by Gasteiger charge is 2.14. The Morgan fingerprint density at radius 1 is 1.00 bits per heavy atom. The van der Waals surface area contributed by atoms with E-state index >= 15 is 0 Å². The van der Waals surface area contributed by atoms with Crippen LogP contribution in [0.4, 0.5) is 4.79 Å². The van der Waals surface area contributed by atoms with Crippen molar-refractivity contribution >= 4 is 6.03 Å². The van der Waals surface area contributed by atoms with Gasteiger partial charge in [-0.3, -0.25) is 0 Å². The quantitative estimate of drug-likeness (QED) is 0.825. The van der Waals surface area contributed by atoms with E-state index in [1.54, 1.807) is 4.90 Å². The van der Waals surface area contributed by atoms with Crippen LogP contribution in [-0.4, -0.2) is 24.0 Å². The highest BCUT2D eigenvalue weighted by atomic mass is 16.2. The molecule has 2 aromatic rings. The van der Waals surface area contributed by atoms with E-state index in [2.05, 4.69) is 43.4 Å². The van der Waals surface area contributed by atoms with Gasteiger partial charge in [0, 0.05) is 19.6 Å². The van der Waals surface area contributed by atoms with Gasteiger partial charge in [-0.25, -0.2) is 4.79 Å². The number of hydrogen-bond donors (Lipinski definition) is 1. The van der Waals surface area contributed by atoms with E-state index in [9.17, 15) is 4.79 Å². The zero-order chi connectivity index (χ0) is 16.7. The number of amides is 2. The average molecular weight is 310 g/mol. The third kappa shape index (κ3) is 4.59. The molecule has 0 aliphatic rings. The van der Waals surface area contributed by atoms with Gasteiger partial charge in [0.25, 0.3) is 0 Å². The first-order valence-corrected chi connectivity index (χ1v) is 8.30. The molecule has 0 aliphatic carbocycles. The summed E-state index contributed by atoms with van der Waals surface area (Å²) in [7, 11) is 1.85. The maximum Gasteiger partial charge on any atom is 0.317 e. The number of benzene rings is 2. The highest BCUT2D eigenvalue weighted by Crippen LogP contribution is 2.24. The zero-order valence-corrected chi connectivity index (χ0v) is 14.3. The van der Waals surface area contributed by atoms with Crippen LogP contribution in [0.1, 0.15) is 32.3 Å². The summed E-state index contributed by atoms with van der Waals surface area (Å²) < 4.78 is 0. The third-order valence-electron chi connectivity index (χ3n) is 4.17. The van der Waals surface area contributed by atoms with Gasteiger partial charge in [-0.1, -0.05) is 68.4 Å². The second-order valence-corrected chi connectivity index (χ2v) is 5.84. The van der Waals surface area contributed by atoms with Crippen molar-refractivity contribution in [2.24, 2.45) is 0 Å². The molecule has 23 heavy (non-hydrogen) atoms. The standard InChI is InChI=1S/C20H26N2O/c1-4-18(5-2)21-20(23)22(3)15-17-13-9-10-14-19(17)16-11-7-6-8-12-16/h6-14,18H,4-5,15H2,1-3H3,(H,21,23). The molecule has 0 fully saturated rings. The molecule has 0 unspecified atom stereocenters. The van der Waals surface area contributed by atoms with E-state index in [1.165, 1.54) is 11.1 Å². The lowest BCUT2D eigenvalue weighted by atomic mass is 9.99. The van der Waals surface area contributed by atoms with Crippen molar-refractivity contribution in [3.63, 3.8) is 0 Å². The van der Waals surface area contributed by atoms with Crippen molar-refractivity contribution in [2.45, 2.75) is 39.3 Å². The minimum Gasteiger partial charge on any atom is -0.335 e. The maximum atomic E-state index is 12.3. The van der Waals surface area contributed by atoms with E-state index in [1.807, 2.05) is 37.4 Å². The molecule has 0 saturated carbocycles. The van der Waals surface area contributed by atoms with Gasteiger partial charge in [0.2, 0.25) is 0 Å². The smallest absolute Gasteiger partial charge is 0.317 e. The molecule has 3 nitrogen and oxygen atoms in total. The summed E-state index contributed by atoms with van der Waals surface area (Å²) in [5, 5.41) is 3.08. The lowest BCUT2D eigenvalue weighted by Gasteiger charge is -2.23. The molecule has 2 aromatic carbocycles. The Kier molecular flexibility index (Phi) is 6.21. The normalized spacial score (nSPS) is 10.6. The number of hydrogen-bond acceptors (Lipinski definition) is 1. The molecular weight excluding hydrogens is 284 g/mol. The van der Waals surface area contributed by atoms with Crippen LogP contribution >= 0.6 is 0 Å². The van der Waals surface area contributed by atoms with Gasteiger partial charge in [0.15, 0.2) is 0 Å². The first kappa shape index (κ1) is 17.1. The van der Waals surface area contributed by atoms with Crippen LogP contribution in [0.25, 0.3) is 11.1 Å². The van der Waals surface area contributed by atoms with Crippen molar-refractivity contribution in [1.29, 1.82) is 0 Å². The molecule has 122 valence electrons. The predicted octanol–water partition coefficient (Wildman–Crippen LogP) is 4.68. The van der Waals surface area contributed by atoms with Crippen LogP contribution in [0, 0.1) is 0 Å². The van der Waals surface area contributed by atoms with Crippen molar-refractivity contribution in [3.05, 3.63) is 60.2 Å². The Morgan fingerprint density at radius 3 is 2.26 bits per heavy atom. The number of carbonyl (C=O) groups excluding carboxylic acids is 1. The molecule has 2 amide bonds. The molecule has 0 atom stereocenters. The summed E-state index contributed by atoms with van der Waals surface area (Å²) in [6.07, 6.45) is 1.91. The minimum absolute atomic E-state index is 0.0124. The van der Waals surface area contributed by atoms with E-state index in [4.69, 9.17) is 0 Å². The van der Waals surface area contributed by atoms with Crippen molar-refractivity contribution in [3.8, 4) is 11.1 Å². The Labute approximate surface area is 139 Å². The molecule has 0 saturated heterocycles. The zero-order valence-electron chi connectivity index (χ0n) is 14.3. The third-order valence-corrected chi connectivity index (χ3v) is 4.17. The van der Waals surface area contributed by atoms with Crippen molar-refractivity contribution < 1.29 is 4.79 Å². The van der Waals surface area contributed by atoms with E-state index in [0.29, 0.717) is 6.54 Å². The Morgan fingerprint density at radius 2 is 1.61 bits per heavy atom. The summed E-state index contributed by atoms with van der Waals surface area (Å²) in [6.45, 7) is 4.79. The first-order valence-electron chi connectivity index (χ1n) is 8.30. The van der Waals surface area contributed by atoms with Gasteiger partial charge in [-0.15, -0.1) is 0 Å². The fourth-order valence-corrected chi connectivity index (χ4v) is 2.66. The van der Waals surface area contributed by atoms with Crippen LogP contribution in [0.2, 0.25) is 0 Å². The lowest BCUT2D eigenvalue weighted by molar-refractivity contribution is 0.202. The summed E-state index contributed by atoms with van der Waals surface area (Å²) >= 11 is 0. The Hall–Kier alpha value is -2.29. The summed E-state index contributed by atoms with van der Waals surface area (Å²) in [5.41, 5.74) is 3.51. The lowest BCUT2D eigenvalue weighted by Crippen LogP contribution is -2.42. The molecule has 3 heteroatoms. The Bertz CT molecular complexity index is 621. The topological polar surface area (TPSA) is 32.3 Å². The monoisotopic (exact) mass is 310 g/mol. The highest BCUT2D eigenvalue weighted by molar-refractivity contribution is 5.75. The number of nitrogens with one attached hydrogen (secondary N) is 1. The number of carbonyl (C=O) groups is 1. The van der Waals surface area contributed by atoms with Gasteiger partial charge in [-0.05, 0) is 29.5 Å². The molecule has 0 radical (unpaired) electrons. The average Bonchev–Trinajstić information content (AvgIpc) is 2.60. The van der Waals surface area contributed by atoms with Gasteiger partial charge in [0.1, 0.15) is 0 Å². The SMILES string of the molecule is CCC(CC)NC(=O)N(C)Cc1ccccc1-c1ccccc1. The van der Waals surface area contributed by atoms with Gasteiger partial charge >= 0.3 is 6.03 Å². The molecule has 0 aromatic heterocycles. The first-order chi connectivity index (χ1) is 11.2. The van der Waals surface area contributed by atoms with Crippen LogP contribution < -0.4 is 5.32 Å². The minimum atomic E-state index is -0.0124. The second kappa shape index (κ2) is 8.37. The number of urea groups is 1.